The van der Waals surface area contributed by atoms with Gasteiger partial charge in [0.2, 0.25) is 0 Å². The summed E-state index contributed by atoms with van der Waals surface area (Å²) in [6.07, 6.45) is 0.577. The zero-order valence-corrected chi connectivity index (χ0v) is 11.9. The molecule has 2 aromatic rings. The van der Waals surface area contributed by atoms with Crippen LogP contribution in [-0.4, -0.2) is 22.0 Å². The van der Waals surface area contributed by atoms with Gasteiger partial charge in [-0.25, -0.2) is 0 Å². The quantitative estimate of drug-likeness (QED) is 0.762. The predicted molar refractivity (Wildman–Crippen MR) is 81.2 cm³/mol. The lowest BCUT2D eigenvalue weighted by Gasteiger charge is -2.16. The number of carbonyl (C=O) groups is 1. The summed E-state index contributed by atoms with van der Waals surface area (Å²) in [7, 11) is 0. The molecule has 2 aromatic carbocycles. The van der Waals surface area contributed by atoms with Crippen LogP contribution in [0.4, 0.5) is 0 Å². The Morgan fingerprint density at radius 2 is 1.43 bits per heavy atom. The van der Waals surface area contributed by atoms with Gasteiger partial charge in [-0.1, -0.05) is 24.3 Å². The van der Waals surface area contributed by atoms with E-state index < -0.39 is 0 Å². The molecule has 0 aromatic heterocycles. The van der Waals surface area contributed by atoms with Crippen LogP contribution in [0.3, 0.4) is 0 Å². The van der Waals surface area contributed by atoms with Gasteiger partial charge in [-0.05, 0) is 48.7 Å². The highest BCUT2D eigenvalue weighted by atomic mass is 16.3. The maximum Gasteiger partial charge on any atom is 0.147 e. The number of hydrogen-bond acceptors (Lipinski definition) is 4. The lowest BCUT2D eigenvalue weighted by Crippen LogP contribution is -2.36. The number of benzene rings is 2. The molecule has 4 heteroatoms. The molecule has 0 unspecified atom stereocenters. The van der Waals surface area contributed by atoms with Crippen molar-refractivity contribution in [2.75, 3.05) is 0 Å². The minimum atomic E-state index is -0.275. The number of aromatic hydroxyl groups is 2. The Hall–Kier alpha value is -2.33. The summed E-state index contributed by atoms with van der Waals surface area (Å²) < 4.78 is 0. The number of phenols is 2. The van der Waals surface area contributed by atoms with Crippen LogP contribution >= 0.6 is 0 Å². The van der Waals surface area contributed by atoms with Gasteiger partial charge in [-0.15, -0.1) is 0 Å². The first-order valence-corrected chi connectivity index (χ1v) is 6.84. The molecular weight excluding hydrogens is 266 g/mol. The number of ketones is 1. The van der Waals surface area contributed by atoms with Gasteiger partial charge in [-0.3, -0.25) is 4.79 Å². The summed E-state index contributed by atoms with van der Waals surface area (Å²) in [5, 5.41) is 21.7. The molecular formula is C17H19NO3. The minimum absolute atomic E-state index is 0.0712. The first-order chi connectivity index (χ1) is 10.0. The molecule has 3 N–H and O–H groups in total. The highest BCUT2D eigenvalue weighted by Crippen LogP contribution is 2.13. The van der Waals surface area contributed by atoms with E-state index >= 15 is 0 Å². The zero-order valence-electron chi connectivity index (χ0n) is 11.9. The minimum Gasteiger partial charge on any atom is -0.508 e. The van der Waals surface area contributed by atoms with E-state index in [0.29, 0.717) is 13.0 Å². The van der Waals surface area contributed by atoms with Crippen LogP contribution in [0.2, 0.25) is 0 Å². The van der Waals surface area contributed by atoms with Gasteiger partial charge in [0.15, 0.2) is 0 Å². The van der Waals surface area contributed by atoms with Gasteiger partial charge in [0.05, 0.1) is 6.04 Å². The maximum atomic E-state index is 11.7. The standard InChI is InChI=1S/C17H19NO3/c1-12(19)17(10-13-2-6-15(20)7-3-13)18-11-14-4-8-16(21)9-5-14/h2-9,17-18,20-21H,10-11H2,1H3/t17-/m0/s1. The van der Waals surface area contributed by atoms with Gasteiger partial charge >= 0.3 is 0 Å². The van der Waals surface area contributed by atoms with E-state index in [1.165, 1.54) is 0 Å². The topological polar surface area (TPSA) is 69.6 Å². The van der Waals surface area contributed by atoms with Crippen molar-refractivity contribution in [3.63, 3.8) is 0 Å². The summed E-state index contributed by atoms with van der Waals surface area (Å²) in [6, 6.07) is 13.5. The number of Topliss-reactive ketones (excluding diaryl/α,β-unsaturated/α-hetero) is 1. The fraction of sp³-hybridized carbons (Fsp3) is 0.235. The molecule has 0 fully saturated rings. The van der Waals surface area contributed by atoms with Crippen molar-refractivity contribution in [1.29, 1.82) is 0 Å². The molecule has 0 aliphatic carbocycles. The molecule has 0 aliphatic rings. The second-order valence-electron chi connectivity index (χ2n) is 5.08. The Balaban J connectivity index is 1.97. The van der Waals surface area contributed by atoms with Crippen LogP contribution in [0.25, 0.3) is 0 Å². The molecule has 1 atom stereocenters. The summed E-state index contributed by atoms with van der Waals surface area (Å²) in [6.45, 7) is 2.12. The molecule has 0 saturated carbocycles. The molecule has 2 rings (SSSR count). The summed E-state index contributed by atoms with van der Waals surface area (Å²) in [5.74, 6) is 0.517. The summed E-state index contributed by atoms with van der Waals surface area (Å²) in [4.78, 5) is 11.7. The first kappa shape index (κ1) is 15.1. The molecule has 0 amide bonds. The number of nitrogens with one attached hydrogen (secondary N) is 1. The van der Waals surface area contributed by atoms with Gasteiger partial charge in [0, 0.05) is 6.54 Å². The van der Waals surface area contributed by atoms with Crippen LogP contribution in [0.5, 0.6) is 11.5 Å². The van der Waals surface area contributed by atoms with Gasteiger partial charge in [0.1, 0.15) is 17.3 Å². The van der Waals surface area contributed by atoms with Crippen molar-refractivity contribution in [1.82, 2.24) is 5.32 Å². The lowest BCUT2D eigenvalue weighted by molar-refractivity contribution is -0.119. The van der Waals surface area contributed by atoms with E-state index in [9.17, 15) is 15.0 Å². The maximum absolute atomic E-state index is 11.7. The van der Waals surface area contributed by atoms with Crippen molar-refractivity contribution >= 4 is 5.78 Å². The Morgan fingerprint density at radius 1 is 0.952 bits per heavy atom. The molecule has 0 saturated heterocycles. The second-order valence-corrected chi connectivity index (χ2v) is 5.08. The van der Waals surface area contributed by atoms with Crippen LogP contribution in [-0.2, 0) is 17.8 Å². The van der Waals surface area contributed by atoms with Crippen molar-refractivity contribution in [3.05, 3.63) is 59.7 Å². The highest BCUT2D eigenvalue weighted by Gasteiger charge is 2.14. The van der Waals surface area contributed by atoms with Crippen LogP contribution in [0.15, 0.2) is 48.5 Å². The zero-order chi connectivity index (χ0) is 15.2. The fourth-order valence-corrected chi connectivity index (χ4v) is 2.08. The number of hydrogen-bond donors (Lipinski definition) is 3. The van der Waals surface area contributed by atoms with Crippen molar-refractivity contribution in [2.24, 2.45) is 0 Å². The Labute approximate surface area is 124 Å². The number of rotatable bonds is 6. The number of carbonyl (C=O) groups excluding carboxylic acids is 1. The van der Waals surface area contributed by atoms with E-state index in [1.807, 2.05) is 24.3 Å². The third-order valence-corrected chi connectivity index (χ3v) is 3.36. The normalized spacial score (nSPS) is 12.0. The molecule has 21 heavy (non-hydrogen) atoms. The summed E-state index contributed by atoms with van der Waals surface area (Å²) >= 11 is 0. The molecule has 4 nitrogen and oxygen atoms in total. The second kappa shape index (κ2) is 6.90. The average molecular weight is 285 g/mol. The molecule has 0 aliphatic heterocycles. The Kier molecular flexibility index (Phi) is 4.95. The van der Waals surface area contributed by atoms with Gasteiger partial charge in [-0.2, -0.15) is 0 Å². The average Bonchev–Trinajstić information content (AvgIpc) is 2.47. The van der Waals surface area contributed by atoms with E-state index in [0.717, 1.165) is 11.1 Å². The monoisotopic (exact) mass is 285 g/mol. The van der Waals surface area contributed by atoms with Crippen molar-refractivity contribution < 1.29 is 15.0 Å². The van der Waals surface area contributed by atoms with Crippen LogP contribution in [0, 0.1) is 0 Å². The first-order valence-electron chi connectivity index (χ1n) is 6.84. The lowest BCUT2D eigenvalue weighted by atomic mass is 10.0. The molecule has 110 valence electrons. The van der Waals surface area contributed by atoms with Crippen LogP contribution in [0.1, 0.15) is 18.1 Å². The number of phenolic OH excluding ortho intramolecular Hbond substituents is 2. The molecule has 0 radical (unpaired) electrons. The predicted octanol–water partition coefficient (Wildman–Crippen LogP) is 2.39. The third-order valence-electron chi connectivity index (χ3n) is 3.36. The molecule has 0 spiro atoms. The highest BCUT2D eigenvalue weighted by molar-refractivity contribution is 5.81. The van der Waals surface area contributed by atoms with Crippen molar-refractivity contribution in [3.8, 4) is 11.5 Å². The van der Waals surface area contributed by atoms with Gasteiger partial charge in [0.25, 0.3) is 0 Å². The molecule has 0 bridgehead atoms. The Bertz CT molecular complexity index is 590. The van der Waals surface area contributed by atoms with E-state index in [2.05, 4.69) is 5.32 Å². The fourth-order valence-electron chi connectivity index (χ4n) is 2.08. The molecule has 0 heterocycles. The van der Waals surface area contributed by atoms with Gasteiger partial charge < -0.3 is 15.5 Å². The van der Waals surface area contributed by atoms with E-state index in [4.69, 9.17) is 0 Å². The SMILES string of the molecule is CC(=O)[C@H](Cc1ccc(O)cc1)NCc1ccc(O)cc1. The van der Waals surface area contributed by atoms with E-state index in [-0.39, 0.29) is 23.3 Å². The third kappa shape index (κ3) is 4.61. The summed E-state index contributed by atoms with van der Waals surface area (Å²) in [5.41, 5.74) is 2.00. The Morgan fingerprint density at radius 3 is 1.90 bits per heavy atom. The van der Waals surface area contributed by atoms with Crippen molar-refractivity contribution in [2.45, 2.75) is 25.9 Å². The van der Waals surface area contributed by atoms with Crippen LogP contribution < -0.4 is 5.32 Å². The largest absolute Gasteiger partial charge is 0.508 e. The van der Waals surface area contributed by atoms with E-state index in [1.54, 1.807) is 31.2 Å². The smallest absolute Gasteiger partial charge is 0.147 e.